The topological polar surface area (TPSA) is 51.8 Å². The molecule has 3 aromatic heterocycles. The highest BCUT2D eigenvalue weighted by atomic mass is 16.3. The number of para-hydroxylation sites is 1. The van der Waals surface area contributed by atoms with Crippen LogP contribution in [0.5, 0.6) is 0 Å². The lowest BCUT2D eigenvalue weighted by Crippen LogP contribution is -1.97. The van der Waals surface area contributed by atoms with E-state index in [0.717, 1.165) is 72.4 Å². The summed E-state index contributed by atoms with van der Waals surface area (Å²) in [5, 5.41) is 3.50. The van der Waals surface area contributed by atoms with Gasteiger partial charge in [-0.3, -0.25) is 4.98 Å². The lowest BCUT2D eigenvalue weighted by atomic mass is 9.91. The van der Waals surface area contributed by atoms with E-state index in [-0.39, 0.29) is 0 Å². The van der Waals surface area contributed by atoms with E-state index in [1.165, 1.54) is 33.0 Å². The highest BCUT2D eigenvalue weighted by molar-refractivity contribution is 6.19. The Hall–Kier alpha value is -7.17. The molecule has 4 nitrogen and oxygen atoms in total. The molecule has 1 aliphatic carbocycles. The van der Waals surface area contributed by atoms with Gasteiger partial charge in [-0.2, -0.15) is 0 Å². The molecule has 0 aliphatic heterocycles. The zero-order chi connectivity index (χ0) is 34.9. The zero-order valence-corrected chi connectivity index (χ0v) is 28.5. The van der Waals surface area contributed by atoms with Crippen LogP contribution in [-0.4, -0.2) is 15.0 Å². The van der Waals surface area contributed by atoms with Crippen molar-refractivity contribution in [3.8, 4) is 78.4 Å². The van der Waals surface area contributed by atoms with Crippen molar-refractivity contribution in [3.63, 3.8) is 0 Å². The molecule has 10 aromatic rings. The first kappa shape index (κ1) is 29.5. The van der Waals surface area contributed by atoms with Crippen molar-refractivity contribution in [2.24, 2.45) is 0 Å². The van der Waals surface area contributed by atoms with Crippen molar-refractivity contribution >= 4 is 32.8 Å². The third kappa shape index (κ3) is 4.73. The predicted molar refractivity (Wildman–Crippen MR) is 216 cm³/mol. The van der Waals surface area contributed by atoms with E-state index in [2.05, 4.69) is 109 Å². The summed E-state index contributed by atoms with van der Waals surface area (Å²) in [7, 11) is 0. The lowest BCUT2D eigenvalue weighted by molar-refractivity contribution is 0.669. The molecular weight excluding hydrogens is 647 g/mol. The summed E-state index contributed by atoms with van der Waals surface area (Å²) in [6, 6.07) is 59.5. The van der Waals surface area contributed by atoms with Crippen LogP contribution < -0.4 is 0 Å². The number of rotatable bonds is 5. The monoisotopic (exact) mass is 675 g/mol. The molecule has 0 spiro atoms. The maximum atomic E-state index is 6.54. The van der Waals surface area contributed by atoms with Crippen LogP contribution in [0.2, 0.25) is 0 Å². The van der Waals surface area contributed by atoms with Crippen LogP contribution in [0.4, 0.5) is 0 Å². The van der Waals surface area contributed by atoms with Crippen LogP contribution >= 0.6 is 0 Å². The summed E-state index contributed by atoms with van der Waals surface area (Å²) in [6.07, 6.45) is 1.88. The number of benzene rings is 7. The Morgan fingerprint density at radius 1 is 0.377 bits per heavy atom. The zero-order valence-electron chi connectivity index (χ0n) is 28.5. The lowest BCUT2D eigenvalue weighted by Gasteiger charge is -2.15. The molecule has 4 heteroatoms. The normalized spacial score (nSPS) is 11.8. The molecule has 0 saturated carbocycles. The van der Waals surface area contributed by atoms with Gasteiger partial charge in [-0.15, -0.1) is 0 Å². The average Bonchev–Trinajstić information content (AvgIpc) is 3.78. The fourth-order valence-electron chi connectivity index (χ4n) is 8.05. The number of furan rings is 1. The van der Waals surface area contributed by atoms with E-state index in [9.17, 15) is 0 Å². The van der Waals surface area contributed by atoms with Gasteiger partial charge in [-0.05, 0) is 92.2 Å². The maximum absolute atomic E-state index is 6.54. The minimum Gasteiger partial charge on any atom is -0.454 e. The predicted octanol–water partition coefficient (Wildman–Crippen LogP) is 12.9. The van der Waals surface area contributed by atoms with Gasteiger partial charge in [0, 0.05) is 33.8 Å². The van der Waals surface area contributed by atoms with Crippen LogP contribution in [-0.2, 0) is 0 Å². The van der Waals surface area contributed by atoms with Crippen LogP contribution in [0.25, 0.3) is 111 Å². The molecule has 1 aliphatic rings. The molecule has 0 N–H and O–H groups in total. The van der Waals surface area contributed by atoms with Gasteiger partial charge in [0.25, 0.3) is 0 Å². The summed E-state index contributed by atoms with van der Waals surface area (Å²) in [5.41, 5.74) is 16.5. The fraction of sp³-hybridized carbons (Fsp3) is 0. The summed E-state index contributed by atoms with van der Waals surface area (Å²) < 4.78 is 6.54. The first-order valence-corrected chi connectivity index (χ1v) is 17.8. The highest BCUT2D eigenvalue weighted by Crippen LogP contribution is 2.50. The number of nitrogens with zero attached hydrogens (tertiary/aromatic N) is 3. The Kier molecular flexibility index (Phi) is 6.52. The summed E-state index contributed by atoms with van der Waals surface area (Å²) in [4.78, 5) is 15.3. The molecule has 0 fully saturated rings. The van der Waals surface area contributed by atoms with Gasteiger partial charge >= 0.3 is 0 Å². The molecule has 246 valence electrons. The van der Waals surface area contributed by atoms with Crippen LogP contribution in [0.15, 0.2) is 180 Å². The van der Waals surface area contributed by atoms with Crippen molar-refractivity contribution < 1.29 is 4.42 Å². The minimum absolute atomic E-state index is 0.654. The SMILES string of the molecule is c1ccc(-c2cc(-c3ccccc3)nc(-c3cc(-c4ccc5c6c(cccc46)-c4ccccc4-5)cc(-c4ccnc5c4oc4ccccc45)c3)n2)cc1. The largest absolute Gasteiger partial charge is 0.454 e. The summed E-state index contributed by atoms with van der Waals surface area (Å²) in [5.74, 6) is 0.654. The molecule has 53 heavy (non-hydrogen) atoms. The molecule has 7 aromatic carbocycles. The van der Waals surface area contributed by atoms with E-state index in [4.69, 9.17) is 19.4 Å². The minimum atomic E-state index is 0.654. The fourth-order valence-corrected chi connectivity index (χ4v) is 8.05. The Morgan fingerprint density at radius 3 is 1.68 bits per heavy atom. The van der Waals surface area contributed by atoms with Crippen molar-refractivity contribution in [3.05, 3.63) is 176 Å². The number of hydrogen-bond acceptors (Lipinski definition) is 4. The van der Waals surface area contributed by atoms with Crippen LogP contribution in [0.1, 0.15) is 0 Å². The van der Waals surface area contributed by atoms with Crippen molar-refractivity contribution in [2.45, 2.75) is 0 Å². The van der Waals surface area contributed by atoms with Gasteiger partial charge in [0.15, 0.2) is 11.4 Å². The van der Waals surface area contributed by atoms with E-state index >= 15 is 0 Å². The summed E-state index contributed by atoms with van der Waals surface area (Å²) >= 11 is 0. The second kappa shape index (κ2) is 11.7. The van der Waals surface area contributed by atoms with Crippen LogP contribution in [0.3, 0.4) is 0 Å². The van der Waals surface area contributed by atoms with Gasteiger partial charge in [0.1, 0.15) is 11.1 Å². The van der Waals surface area contributed by atoms with Gasteiger partial charge in [-0.1, -0.05) is 127 Å². The Balaban J connectivity index is 1.19. The molecule has 3 heterocycles. The first-order valence-electron chi connectivity index (χ1n) is 17.8. The van der Waals surface area contributed by atoms with E-state index in [1.54, 1.807) is 0 Å². The van der Waals surface area contributed by atoms with Gasteiger partial charge in [0.2, 0.25) is 0 Å². The van der Waals surface area contributed by atoms with Crippen molar-refractivity contribution in [1.29, 1.82) is 0 Å². The quantitative estimate of drug-likeness (QED) is 0.182. The van der Waals surface area contributed by atoms with Crippen molar-refractivity contribution in [2.75, 3.05) is 0 Å². The molecule has 0 amide bonds. The van der Waals surface area contributed by atoms with Gasteiger partial charge in [-0.25, -0.2) is 9.97 Å². The summed E-state index contributed by atoms with van der Waals surface area (Å²) in [6.45, 7) is 0. The second-order valence-electron chi connectivity index (χ2n) is 13.6. The third-order valence-electron chi connectivity index (χ3n) is 10.5. The molecular formula is C49H29N3O. The number of pyridine rings is 1. The smallest absolute Gasteiger partial charge is 0.161 e. The Morgan fingerprint density at radius 2 is 0.943 bits per heavy atom. The van der Waals surface area contributed by atoms with E-state index in [0.29, 0.717) is 5.82 Å². The van der Waals surface area contributed by atoms with E-state index < -0.39 is 0 Å². The van der Waals surface area contributed by atoms with Crippen molar-refractivity contribution in [1.82, 2.24) is 15.0 Å². The number of hydrogen-bond donors (Lipinski definition) is 0. The molecule has 0 saturated heterocycles. The highest BCUT2D eigenvalue weighted by Gasteiger charge is 2.23. The van der Waals surface area contributed by atoms with Gasteiger partial charge in [0.05, 0.1) is 11.4 Å². The standard InChI is InChI=1S/C49H29N3O/c1-3-12-30(13-4-1)43-29-44(31-14-5-2-6-15-31)52-49(51-43)34-27-32(26-33(28-34)36-24-25-50-47-42-18-9-10-21-45(42)53-48(36)47)35-22-23-41-38-17-8-7-16-37(38)40-20-11-19-39(35)46(40)41/h1-29H. The maximum Gasteiger partial charge on any atom is 0.161 e. The average molecular weight is 676 g/mol. The van der Waals surface area contributed by atoms with Gasteiger partial charge < -0.3 is 4.42 Å². The first-order chi connectivity index (χ1) is 26.3. The number of aromatic nitrogens is 3. The second-order valence-corrected chi connectivity index (χ2v) is 13.6. The van der Waals surface area contributed by atoms with E-state index in [1.807, 2.05) is 66.9 Å². The van der Waals surface area contributed by atoms with Crippen LogP contribution in [0, 0.1) is 0 Å². The molecule has 0 unspecified atom stereocenters. The molecule has 0 atom stereocenters. The third-order valence-corrected chi connectivity index (χ3v) is 10.5. The number of fused-ring (bicyclic) bond motifs is 6. The molecule has 0 radical (unpaired) electrons. The molecule has 0 bridgehead atoms. The Bertz CT molecular complexity index is 2970. The Labute approximate surface area is 305 Å². The molecule has 11 rings (SSSR count).